The average Bonchev–Trinajstić information content (AvgIpc) is 3.04. The predicted molar refractivity (Wildman–Crippen MR) is 105 cm³/mol. The van der Waals surface area contributed by atoms with Gasteiger partial charge in [-0.1, -0.05) is 25.8 Å². The van der Waals surface area contributed by atoms with Crippen molar-refractivity contribution in [3.05, 3.63) is 35.9 Å². The summed E-state index contributed by atoms with van der Waals surface area (Å²) in [6.45, 7) is 3.72. The third kappa shape index (κ3) is 4.50. The van der Waals surface area contributed by atoms with Gasteiger partial charge in [0.2, 0.25) is 10.0 Å². The number of aromatic nitrogens is 2. The maximum absolute atomic E-state index is 12.6. The van der Waals surface area contributed by atoms with Crippen molar-refractivity contribution < 1.29 is 13.2 Å². The second-order valence-corrected chi connectivity index (χ2v) is 9.18. The number of imidazole rings is 1. The first-order valence-corrected chi connectivity index (χ1v) is 11.5. The van der Waals surface area contributed by atoms with Crippen LogP contribution in [0.3, 0.4) is 0 Å². The van der Waals surface area contributed by atoms with E-state index in [0.717, 1.165) is 43.4 Å². The third-order valence-corrected chi connectivity index (χ3v) is 6.34. The molecule has 1 atom stereocenters. The Balaban J connectivity index is 1.87. The number of carbonyl (C=O) groups is 1. The van der Waals surface area contributed by atoms with E-state index in [1.165, 1.54) is 10.6 Å². The number of hydrogen-bond acceptors (Lipinski definition) is 4. The zero-order valence-electron chi connectivity index (χ0n) is 16.0. The van der Waals surface area contributed by atoms with Gasteiger partial charge in [-0.05, 0) is 31.4 Å². The number of fused-ring (bicyclic) bond motifs is 1. The number of nitrogens with one attached hydrogen (secondary N) is 1. The number of unbranched alkanes of at least 4 members (excludes halogenated alkanes) is 2. The second kappa shape index (κ2) is 8.39. The summed E-state index contributed by atoms with van der Waals surface area (Å²) in [6, 6.07) is 5.67. The minimum atomic E-state index is -3.23. The van der Waals surface area contributed by atoms with Gasteiger partial charge in [0.15, 0.2) is 5.69 Å². The van der Waals surface area contributed by atoms with E-state index in [2.05, 4.69) is 17.2 Å². The molecule has 3 heterocycles. The Labute approximate surface area is 160 Å². The molecule has 148 valence electrons. The van der Waals surface area contributed by atoms with Crippen molar-refractivity contribution in [1.82, 2.24) is 19.0 Å². The van der Waals surface area contributed by atoms with Gasteiger partial charge in [-0.25, -0.2) is 17.7 Å². The molecule has 0 radical (unpaired) electrons. The number of sulfonamides is 1. The predicted octanol–water partition coefficient (Wildman–Crippen LogP) is 2.39. The molecule has 7 nitrogen and oxygen atoms in total. The summed E-state index contributed by atoms with van der Waals surface area (Å²) in [4.78, 5) is 17.3. The van der Waals surface area contributed by atoms with E-state index in [-0.39, 0.29) is 11.8 Å². The number of rotatable bonds is 7. The summed E-state index contributed by atoms with van der Waals surface area (Å²) >= 11 is 0. The molecule has 1 amide bonds. The van der Waals surface area contributed by atoms with Crippen LogP contribution in [-0.2, 0) is 10.0 Å². The molecule has 1 fully saturated rings. The molecular formula is C19H28N4O3S. The molecule has 27 heavy (non-hydrogen) atoms. The first-order chi connectivity index (χ1) is 12.9. The van der Waals surface area contributed by atoms with Crippen molar-refractivity contribution in [2.24, 2.45) is 0 Å². The molecule has 2 aromatic rings. The number of hydrogen-bond donors (Lipinski definition) is 1. The Hall–Kier alpha value is -1.93. The molecule has 8 heteroatoms. The summed E-state index contributed by atoms with van der Waals surface area (Å²) in [5.41, 5.74) is 1.18. The SMILES string of the molecule is CCCCCNC(=O)c1nc([C@H]2CCCN(S(C)(=O)=O)C2)n2ccccc12. The van der Waals surface area contributed by atoms with E-state index < -0.39 is 10.0 Å². The molecule has 0 aliphatic carbocycles. The van der Waals surface area contributed by atoms with Crippen LogP contribution < -0.4 is 5.32 Å². The van der Waals surface area contributed by atoms with Gasteiger partial charge in [0.25, 0.3) is 5.91 Å². The lowest BCUT2D eigenvalue weighted by atomic mass is 9.99. The largest absolute Gasteiger partial charge is 0.351 e. The van der Waals surface area contributed by atoms with Crippen molar-refractivity contribution in [2.75, 3.05) is 25.9 Å². The van der Waals surface area contributed by atoms with Crippen LogP contribution >= 0.6 is 0 Å². The highest BCUT2D eigenvalue weighted by Crippen LogP contribution is 2.29. The van der Waals surface area contributed by atoms with Crippen LogP contribution in [0.25, 0.3) is 5.52 Å². The average molecular weight is 393 g/mol. The van der Waals surface area contributed by atoms with Crippen LogP contribution in [0.2, 0.25) is 0 Å². The number of pyridine rings is 1. The highest BCUT2D eigenvalue weighted by atomic mass is 32.2. The highest BCUT2D eigenvalue weighted by Gasteiger charge is 2.30. The van der Waals surface area contributed by atoms with E-state index in [1.54, 1.807) is 0 Å². The van der Waals surface area contributed by atoms with E-state index in [1.807, 2.05) is 28.8 Å². The van der Waals surface area contributed by atoms with Crippen LogP contribution in [0.5, 0.6) is 0 Å². The van der Waals surface area contributed by atoms with E-state index >= 15 is 0 Å². The number of nitrogens with zero attached hydrogens (tertiary/aromatic N) is 3. The third-order valence-electron chi connectivity index (χ3n) is 5.07. The lowest BCUT2D eigenvalue weighted by Crippen LogP contribution is -2.38. The quantitative estimate of drug-likeness (QED) is 0.734. The zero-order valence-corrected chi connectivity index (χ0v) is 16.8. The molecule has 1 aliphatic heterocycles. The summed E-state index contributed by atoms with van der Waals surface area (Å²) in [6.07, 6.45) is 7.92. The Morgan fingerprint density at radius 1 is 1.33 bits per heavy atom. The van der Waals surface area contributed by atoms with Gasteiger partial charge in [-0.3, -0.25) is 4.79 Å². The molecule has 0 aromatic carbocycles. The van der Waals surface area contributed by atoms with Gasteiger partial charge in [-0.15, -0.1) is 0 Å². The van der Waals surface area contributed by atoms with Gasteiger partial charge >= 0.3 is 0 Å². The van der Waals surface area contributed by atoms with E-state index in [9.17, 15) is 13.2 Å². The van der Waals surface area contributed by atoms with Crippen molar-refractivity contribution in [3.63, 3.8) is 0 Å². The Morgan fingerprint density at radius 3 is 2.89 bits per heavy atom. The highest BCUT2D eigenvalue weighted by molar-refractivity contribution is 7.88. The van der Waals surface area contributed by atoms with Crippen LogP contribution in [0.15, 0.2) is 24.4 Å². The molecule has 1 N–H and O–H groups in total. The van der Waals surface area contributed by atoms with Gasteiger partial charge in [0.1, 0.15) is 5.82 Å². The first kappa shape index (κ1) is 19.8. The Bertz CT molecular complexity index is 907. The second-order valence-electron chi connectivity index (χ2n) is 7.20. The van der Waals surface area contributed by atoms with Crippen LogP contribution in [0.4, 0.5) is 0 Å². The van der Waals surface area contributed by atoms with Gasteiger partial charge in [-0.2, -0.15) is 0 Å². The molecule has 1 aliphatic rings. The molecule has 0 saturated carbocycles. The van der Waals surface area contributed by atoms with Crippen molar-refractivity contribution in [1.29, 1.82) is 0 Å². The fraction of sp³-hybridized carbons (Fsp3) is 0.579. The lowest BCUT2D eigenvalue weighted by Gasteiger charge is -2.30. The standard InChI is InChI=1S/C19H28N4O3S/c1-3-4-6-11-20-19(24)17-16-10-5-7-13-23(16)18(21-17)15-9-8-12-22(14-15)27(2,25)26/h5,7,10,13,15H,3-4,6,8-9,11-12,14H2,1-2H3,(H,20,24)/t15-/m0/s1. The maximum atomic E-state index is 12.6. The van der Waals surface area contributed by atoms with Crippen LogP contribution in [0.1, 0.15) is 61.3 Å². The van der Waals surface area contributed by atoms with Gasteiger partial charge in [0.05, 0.1) is 11.8 Å². The smallest absolute Gasteiger partial charge is 0.272 e. The summed E-state index contributed by atoms with van der Waals surface area (Å²) in [7, 11) is -3.23. The van der Waals surface area contributed by atoms with Gasteiger partial charge in [0, 0.05) is 31.7 Å². The molecular weight excluding hydrogens is 364 g/mol. The summed E-state index contributed by atoms with van der Waals surface area (Å²) < 4.78 is 27.3. The van der Waals surface area contributed by atoms with Crippen molar-refractivity contribution in [3.8, 4) is 0 Å². The molecule has 1 saturated heterocycles. The fourth-order valence-corrected chi connectivity index (χ4v) is 4.54. The molecule has 0 unspecified atom stereocenters. The molecule has 2 aromatic heterocycles. The minimum Gasteiger partial charge on any atom is -0.351 e. The molecule has 3 rings (SSSR count). The molecule has 0 bridgehead atoms. The minimum absolute atomic E-state index is 0.0231. The molecule has 0 spiro atoms. The normalized spacial score (nSPS) is 18.7. The monoisotopic (exact) mass is 392 g/mol. The Morgan fingerprint density at radius 2 is 2.15 bits per heavy atom. The van der Waals surface area contributed by atoms with Crippen molar-refractivity contribution in [2.45, 2.75) is 44.9 Å². The van der Waals surface area contributed by atoms with E-state index in [0.29, 0.717) is 25.3 Å². The summed E-state index contributed by atoms with van der Waals surface area (Å²) in [5.74, 6) is 0.569. The first-order valence-electron chi connectivity index (χ1n) is 9.62. The zero-order chi connectivity index (χ0) is 19.4. The number of amides is 1. The topological polar surface area (TPSA) is 83.8 Å². The van der Waals surface area contributed by atoms with Crippen LogP contribution in [0, 0.1) is 0 Å². The van der Waals surface area contributed by atoms with E-state index in [4.69, 9.17) is 0 Å². The van der Waals surface area contributed by atoms with Crippen molar-refractivity contribution >= 4 is 21.4 Å². The van der Waals surface area contributed by atoms with Crippen LogP contribution in [-0.4, -0.2) is 53.9 Å². The summed E-state index contributed by atoms with van der Waals surface area (Å²) in [5, 5.41) is 2.95. The number of piperidine rings is 1. The lowest BCUT2D eigenvalue weighted by molar-refractivity contribution is 0.0950. The Kier molecular flexibility index (Phi) is 6.16. The maximum Gasteiger partial charge on any atom is 0.272 e. The van der Waals surface area contributed by atoms with Gasteiger partial charge < -0.3 is 9.72 Å². The fourth-order valence-electron chi connectivity index (χ4n) is 3.63. The number of carbonyl (C=O) groups excluding carboxylic acids is 1.